The molecule has 0 aliphatic carbocycles. The Hall–Kier alpha value is -1.64. The van der Waals surface area contributed by atoms with E-state index in [4.69, 9.17) is 14.6 Å². The van der Waals surface area contributed by atoms with E-state index in [0.717, 1.165) is 6.42 Å². The highest BCUT2D eigenvalue weighted by atomic mass is 32.2. The normalized spacial score (nSPS) is 18.5. The summed E-state index contributed by atoms with van der Waals surface area (Å²) in [5.74, 6) is -0.0222. The first-order chi connectivity index (χ1) is 9.84. The van der Waals surface area contributed by atoms with Gasteiger partial charge in [0, 0.05) is 13.7 Å². The zero-order valence-electron chi connectivity index (χ0n) is 11.9. The van der Waals surface area contributed by atoms with Crippen LogP contribution in [-0.2, 0) is 14.8 Å². The van der Waals surface area contributed by atoms with Crippen molar-refractivity contribution in [2.24, 2.45) is 5.14 Å². The molecule has 2 N–H and O–H groups in total. The first kappa shape index (κ1) is 15.7. The molecule has 0 radical (unpaired) electrons. The Labute approximate surface area is 123 Å². The number of rotatable bonds is 4. The predicted octanol–water partition coefficient (Wildman–Crippen LogP) is 0.204. The third-order valence-corrected chi connectivity index (χ3v) is 4.41. The van der Waals surface area contributed by atoms with Crippen LogP contribution in [-0.4, -0.2) is 52.6 Å². The summed E-state index contributed by atoms with van der Waals surface area (Å²) in [7, 11) is -0.804. The van der Waals surface area contributed by atoms with Gasteiger partial charge in [0.2, 0.25) is 10.0 Å². The van der Waals surface area contributed by atoms with Crippen LogP contribution in [0.3, 0.4) is 0 Å². The molecule has 0 aromatic heterocycles. The summed E-state index contributed by atoms with van der Waals surface area (Å²) in [6.45, 7) is 1.08. The minimum absolute atomic E-state index is 0.0275. The minimum Gasteiger partial charge on any atom is -0.496 e. The molecule has 1 atom stereocenters. The molecule has 116 valence electrons. The summed E-state index contributed by atoms with van der Waals surface area (Å²) < 4.78 is 33.2. The fourth-order valence-electron chi connectivity index (χ4n) is 2.21. The lowest BCUT2D eigenvalue weighted by atomic mass is 10.1. The average molecular weight is 314 g/mol. The van der Waals surface area contributed by atoms with Crippen molar-refractivity contribution < 1.29 is 22.7 Å². The lowest BCUT2D eigenvalue weighted by molar-refractivity contribution is 0.0707. The average Bonchev–Trinajstić information content (AvgIpc) is 2.98. The molecule has 0 spiro atoms. The lowest BCUT2D eigenvalue weighted by Gasteiger charge is -2.24. The summed E-state index contributed by atoms with van der Waals surface area (Å²) in [4.78, 5) is 14.0. The number of likely N-dealkylation sites (N-methyl/N-ethyl adjacent to an activating group) is 1. The molecule has 1 amide bonds. The van der Waals surface area contributed by atoms with Gasteiger partial charge in [0.05, 0.1) is 30.2 Å². The first-order valence-electron chi connectivity index (χ1n) is 6.40. The van der Waals surface area contributed by atoms with Gasteiger partial charge in [-0.15, -0.1) is 0 Å². The van der Waals surface area contributed by atoms with Crippen molar-refractivity contribution in [1.82, 2.24) is 4.90 Å². The highest BCUT2D eigenvalue weighted by Gasteiger charge is 2.27. The van der Waals surface area contributed by atoms with Gasteiger partial charge in [-0.05, 0) is 24.6 Å². The summed E-state index contributed by atoms with van der Waals surface area (Å²) >= 11 is 0. The van der Waals surface area contributed by atoms with Crippen molar-refractivity contribution in [3.8, 4) is 5.75 Å². The van der Waals surface area contributed by atoms with E-state index in [9.17, 15) is 13.2 Å². The van der Waals surface area contributed by atoms with Gasteiger partial charge in [-0.3, -0.25) is 4.79 Å². The van der Waals surface area contributed by atoms with Crippen LogP contribution in [0, 0.1) is 0 Å². The van der Waals surface area contributed by atoms with Crippen molar-refractivity contribution in [1.29, 1.82) is 0 Å². The van der Waals surface area contributed by atoms with Crippen molar-refractivity contribution in [2.45, 2.75) is 17.4 Å². The van der Waals surface area contributed by atoms with Gasteiger partial charge >= 0.3 is 0 Å². The third-order valence-electron chi connectivity index (χ3n) is 3.50. The second-order valence-electron chi connectivity index (χ2n) is 4.84. The van der Waals surface area contributed by atoms with E-state index in [-0.39, 0.29) is 22.4 Å². The van der Waals surface area contributed by atoms with E-state index < -0.39 is 10.0 Å². The van der Waals surface area contributed by atoms with Gasteiger partial charge in [-0.25, -0.2) is 13.6 Å². The maximum Gasteiger partial charge on any atom is 0.257 e. The van der Waals surface area contributed by atoms with Crippen molar-refractivity contribution >= 4 is 15.9 Å². The molecule has 1 aromatic carbocycles. The zero-order chi connectivity index (χ0) is 15.6. The fraction of sp³-hybridized carbons (Fsp3) is 0.462. The standard InChI is InChI=1S/C13H18N2O5S/c1-15(9-5-6-20-8-9)13(16)11-7-10(21(14,17)18)3-4-12(11)19-2/h3-4,7,9H,5-6,8H2,1-2H3,(H2,14,17,18). The fourth-order valence-corrected chi connectivity index (χ4v) is 2.75. The molecule has 1 aromatic rings. The molecule has 1 aliphatic rings. The molecular weight excluding hydrogens is 296 g/mol. The van der Waals surface area contributed by atoms with Crippen LogP contribution >= 0.6 is 0 Å². The number of methoxy groups -OCH3 is 1. The smallest absolute Gasteiger partial charge is 0.257 e. The quantitative estimate of drug-likeness (QED) is 0.856. The number of sulfonamides is 1. The summed E-state index contributed by atoms with van der Waals surface area (Å²) in [6.07, 6.45) is 0.749. The molecule has 21 heavy (non-hydrogen) atoms. The highest BCUT2D eigenvalue weighted by molar-refractivity contribution is 7.89. The Morgan fingerprint density at radius 3 is 2.71 bits per heavy atom. The van der Waals surface area contributed by atoms with Crippen molar-refractivity contribution in [3.63, 3.8) is 0 Å². The van der Waals surface area contributed by atoms with E-state index in [0.29, 0.717) is 19.0 Å². The number of amides is 1. The number of hydrogen-bond acceptors (Lipinski definition) is 5. The third kappa shape index (κ3) is 3.34. The van der Waals surface area contributed by atoms with Crippen molar-refractivity contribution in [2.75, 3.05) is 27.4 Å². The number of nitrogens with zero attached hydrogens (tertiary/aromatic N) is 1. The van der Waals surface area contributed by atoms with E-state index in [1.165, 1.54) is 30.2 Å². The van der Waals surface area contributed by atoms with E-state index in [2.05, 4.69) is 0 Å². The Bertz CT molecular complexity index is 638. The van der Waals surface area contributed by atoms with Crippen LogP contribution in [0.4, 0.5) is 0 Å². The summed E-state index contributed by atoms with van der Waals surface area (Å²) in [6, 6.07) is 3.94. The molecule has 2 rings (SSSR count). The van der Waals surface area contributed by atoms with Gasteiger partial charge in [0.25, 0.3) is 5.91 Å². The number of nitrogens with two attached hydrogens (primary N) is 1. The predicted molar refractivity (Wildman–Crippen MR) is 75.7 cm³/mol. The van der Waals surface area contributed by atoms with E-state index in [1.54, 1.807) is 7.05 Å². The van der Waals surface area contributed by atoms with E-state index >= 15 is 0 Å². The second-order valence-corrected chi connectivity index (χ2v) is 6.40. The largest absolute Gasteiger partial charge is 0.496 e. The topological polar surface area (TPSA) is 98.9 Å². The van der Waals surface area contributed by atoms with E-state index in [1.807, 2.05) is 0 Å². The summed E-state index contributed by atoms with van der Waals surface area (Å²) in [5.41, 5.74) is 0.165. The number of benzene rings is 1. The molecule has 1 saturated heterocycles. The van der Waals surface area contributed by atoms with Crippen LogP contribution in [0.5, 0.6) is 5.75 Å². The number of carbonyl (C=O) groups is 1. The van der Waals surface area contributed by atoms with Gasteiger partial charge in [0.15, 0.2) is 0 Å². The van der Waals surface area contributed by atoms with Crippen LogP contribution in [0.25, 0.3) is 0 Å². The number of hydrogen-bond donors (Lipinski definition) is 1. The Morgan fingerprint density at radius 2 is 2.19 bits per heavy atom. The second kappa shape index (κ2) is 6.00. The molecule has 8 heteroatoms. The van der Waals surface area contributed by atoms with Crippen LogP contribution in [0.2, 0.25) is 0 Å². The summed E-state index contributed by atoms with van der Waals surface area (Å²) in [5, 5.41) is 5.10. The Kier molecular flexibility index (Phi) is 4.50. The van der Waals surface area contributed by atoms with Crippen LogP contribution in [0.1, 0.15) is 16.8 Å². The molecule has 0 saturated carbocycles. The Balaban J connectivity index is 2.38. The van der Waals surface area contributed by atoms with Gasteiger partial charge in [0.1, 0.15) is 5.75 Å². The zero-order valence-corrected chi connectivity index (χ0v) is 12.7. The maximum absolute atomic E-state index is 12.5. The van der Waals surface area contributed by atoms with Gasteiger partial charge in [-0.2, -0.15) is 0 Å². The molecule has 1 aliphatic heterocycles. The molecule has 1 fully saturated rings. The monoisotopic (exact) mass is 314 g/mol. The van der Waals surface area contributed by atoms with Crippen molar-refractivity contribution in [3.05, 3.63) is 23.8 Å². The minimum atomic E-state index is -3.88. The van der Waals surface area contributed by atoms with Gasteiger partial charge in [-0.1, -0.05) is 0 Å². The number of carbonyl (C=O) groups excluding carboxylic acids is 1. The highest BCUT2D eigenvalue weighted by Crippen LogP contribution is 2.24. The number of ether oxygens (including phenoxy) is 2. The molecule has 1 heterocycles. The molecule has 1 unspecified atom stereocenters. The number of primary sulfonamides is 1. The van der Waals surface area contributed by atoms with Gasteiger partial charge < -0.3 is 14.4 Å². The van der Waals surface area contributed by atoms with Crippen LogP contribution < -0.4 is 9.88 Å². The molecule has 7 nitrogen and oxygen atoms in total. The first-order valence-corrected chi connectivity index (χ1v) is 7.95. The maximum atomic E-state index is 12.5. The SMILES string of the molecule is COc1ccc(S(N)(=O)=O)cc1C(=O)N(C)C1CCOC1. The molecular formula is C13H18N2O5S. The Morgan fingerprint density at radius 1 is 1.48 bits per heavy atom. The molecule has 0 bridgehead atoms. The lowest BCUT2D eigenvalue weighted by Crippen LogP contribution is -2.37. The van der Waals surface area contributed by atoms with Crippen LogP contribution in [0.15, 0.2) is 23.1 Å².